The van der Waals surface area contributed by atoms with Crippen molar-refractivity contribution in [3.63, 3.8) is 0 Å². The van der Waals surface area contributed by atoms with E-state index in [1.54, 1.807) is 24.3 Å². The molecule has 1 aromatic rings. The first-order chi connectivity index (χ1) is 13.9. The normalized spacial score (nSPS) is 18.6. The molecule has 152 valence electrons. The lowest BCUT2D eigenvalue weighted by Gasteiger charge is -2.32. The van der Waals surface area contributed by atoms with Gasteiger partial charge in [-0.3, -0.25) is 24.1 Å². The van der Waals surface area contributed by atoms with Crippen LogP contribution in [-0.2, 0) is 14.3 Å². The Hall–Kier alpha value is -3.21. The quantitative estimate of drug-likeness (QED) is 0.579. The van der Waals surface area contributed by atoms with Crippen LogP contribution in [0.15, 0.2) is 24.3 Å². The van der Waals surface area contributed by atoms with Gasteiger partial charge in [0.25, 0.3) is 17.7 Å². The van der Waals surface area contributed by atoms with E-state index in [9.17, 15) is 24.4 Å². The zero-order chi connectivity index (χ0) is 21.0. The molecule has 1 saturated carbocycles. The van der Waals surface area contributed by atoms with Gasteiger partial charge in [0.15, 0.2) is 6.10 Å². The van der Waals surface area contributed by atoms with Gasteiger partial charge in [-0.25, -0.2) is 0 Å². The number of fused-ring (bicyclic) bond motifs is 1. The minimum atomic E-state index is -1.07. The topological polar surface area (TPSA) is 117 Å². The molecule has 2 aliphatic rings. The maximum Gasteiger partial charge on any atom is 0.308 e. The molecule has 1 aliphatic heterocycles. The minimum absolute atomic E-state index is 0.123. The maximum absolute atomic E-state index is 12.4. The SMILES string of the molecule is C[C@@H](OC(=O)CCN1C(=O)c2ccccc2C1=O)C(=O)NC1(C#N)CCCCC1. The van der Waals surface area contributed by atoms with Crippen LogP contribution in [0.5, 0.6) is 0 Å². The molecule has 0 radical (unpaired) electrons. The molecule has 0 aromatic heterocycles. The van der Waals surface area contributed by atoms with E-state index in [1.165, 1.54) is 6.92 Å². The van der Waals surface area contributed by atoms with Crippen LogP contribution in [0.3, 0.4) is 0 Å². The lowest BCUT2D eigenvalue weighted by molar-refractivity contribution is -0.155. The van der Waals surface area contributed by atoms with Crippen LogP contribution in [0.4, 0.5) is 0 Å². The molecule has 3 rings (SSSR count). The Morgan fingerprint density at radius 2 is 1.76 bits per heavy atom. The van der Waals surface area contributed by atoms with E-state index in [1.807, 2.05) is 0 Å². The second-order valence-corrected chi connectivity index (χ2v) is 7.43. The molecule has 8 heteroatoms. The van der Waals surface area contributed by atoms with Crippen molar-refractivity contribution >= 4 is 23.7 Å². The highest BCUT2D eigenvalue weighted by molar-refractivity contribution is 6.21. The molecule has 1 fully saturated rings. The number of hydrogen-bond acceptors (Lipinski definition) is 6. The monoisotopic (exact) mass is 397 g/mol. The molecule has 8 nitrogen and oxygen atoms in total. The van der Waals surface area contributed by atoms with Crippen molar-refractivity contribution in [3.8, 4) is 6.07 Å². The van der Waals surface area contributed by atoms with Gasteiger partial charge in [0.05, 0.1) is 23.6 Å². The third-order valence-electron chi connectivity index (χ3n) is 5.38. The summed E-state index contributed by atoms with van der Waals surface area (Å²) >= 11 is 0. The highest BCUT2D eigenvalue weighted by atomic mass is 16.5. The molecular weight excluding hydrogens is 374 g/mol. The summed E-state index contributed by atoms with van der Waals surface area (Å²) < 4.78 is 5.14. The number of benzene rings is 1. The number of carbonyl (C=O) groups is 4. The van der Waals surface area contributed by atoms with Gasteiger partial charge in [-0.05, 0) is 31.9 Å². The first-order valence-corrected chi connectivity index (χ1v) is 9.75. The zero-order valence-corrected chi connectivity index (χ0v) is 16.3. The number of carbonyl (C=O) groups excluding carboxylic acids is 4. The molecule has 0 spiro atoms. The van der Waals surface area contributed by atoms with Gasteiger partial charge < -0.3 is 10.1 Å². The number of nitriles is 1. The van der Waals surface area contributed by atoms with Gasteiger partial charge >= 0.3 is 5.97 Å². The van der Waals surface area contributed by atoms with E-state index >= 15 is 0 Å². The van der Waals surface area contributed by atoms with Crippen LogP contribution in [0.2, 0.25) is 0 Å². The predicted molar refractivity (Wildman–Crippen MR) is 102 cm³/mol. The number of ether oxygens (including phenoxy) is 1. The lowest BCUT2D eigenvalue weighted by atomic mass is 9.83. The van der Waals surface area contributed by atoms with Gasteiger partial charge in [-0.2, -0.15) is 5.26 Å². The fourth-order valence-electron chi connectivity index (χ4n) is 3.71. The predicted octanol–water partition coefficient (Wildman–Crippen LogP) is 1.95. The molecule has 1 aromatic carbocycles. The Morgan fingerprint density at radius 1 is 1.17 bits per heavy atom. The fraction of sp³-hybridized carbons (Fsp3) is 0.476. The van der Waals surface area contributed by atoms with Crippen molar-refractivity contribution in [2.75, 3.05) is 6.54 Å². The highest BCUT2D eigenvalue weighted by Crippen LogP contribution is 2.27. The molecule has 1 aliphatic carbocycles. The second-order valence-electron chi connectivity index (χ2n) is 7.43. The number of nitrogens with one attached hydrogen (secondary N) is 1. The summed E-state index contributed by atoms with van der Waals surface area (Å²) in [6, 6.07) is 8.65. The Balaban J connectivity index is 1.51. The summed E-state index contributed by atoms with van der Waals surface area (Å²) in [5.41, 5.74) is -0.281. The van der Waals surface area contributed by atoms with Crippen LogP contribution < -0.4 is 5.32 Å². The van der Waals surface area contributed by atoms with E-state index in [4.69, 9.17) is 4.74 Å². The molecule has 0 unspecified atom stereocenters. The molecule has 1 atom stereocenters. The smallest absolute Gasteiger partial charge is 0.308 e. The van der Waals surface area contributed by atoms with Crippen molar-refractivity contribution in [1.82, 2.24) is 10.2 Å². The molecular formula is C21H23N3O5. The lowest BCUT2D eigenvalue weighted by Crippen LogP contribution is -2.52. The zero-order valence-electron chi connectivity index (χ0n) is 16.3. The number of hydrogen-bond donors (Lipinski definition) is 1. The summed E-state index contributed by atoms with van der Waals surface area (Å²) in [7, 11) is 0. The number of imide groups is 1. The van der Waals surface area contributed by atoms with Crippen LogP contribution in [0.1, 0.15) is 66.2 Å². The molecule has 29 heavy (non-hydrogen) atoms. The Labute approximate surface area is 168 Å². The van der Waals surface area contributed by atoms with Gasteiger partial charge in [-0.1, -0.05) is 31.4 Å². The number of esters is 1. The van der Waals surface area contributed by atoms with Crippen molar-refractivity contribution in [1.29, 1.82) is 5.26 Å². The van der Waals surface area contributed by atoms with Gasteiger partial charge in [-0.15, -0.1) is 0 Å². The van der Waals surface area contributed by atoms with E-state index in [2.05, 4.69) is 11.4 Å². The average Bonchev–Trinajstić information content (AvgIpc) is 2.97. The van der Waals surface area contributed by atoms with Crippen molar-refractivity contribution in [2.45, 2.75) is 57.1 Å². The van der Waals surface area contributed by atoms with E-state index < -0.39 is 35.3 Å². The number of amides is 3. The molecule has 0 bridgehead atoms. The Morgan fingerprint density at radius 3 is 2.31 bits per heavy atom. The van der Waals surface area contributed by atoms with Gasteiger partial charge in [0.2, 0.25) is 0 Å². The first kappa shape index (κ1) is 20.5. The summed E-state index contributed by atoms with van der Waals surface area (Å²) in [5.74, 6) is -2.11. The largest absolute Gasteiger partial charge is 0.452 e. The van der Waals surface area contributed by atoms with Crippen molar-refractivity contribution in [3.05, 3.63) is 35.4 Å². The minimum Gasteiger partial charge on any atom is -0.452 e. The molecule has 1 heterocycles. The van der Waals surface area contributed by atoms with Crippen LogP contribution in [0.25, 0.3) is 0 Å². The maximum atomic E-state index is 12.4. The number of rotatable bonds is 6. The van der Waals surface area contributed by atoms with Crippen LogP contribution >= 0.6 is 0 Å². The summed E-state index contributed by atoms with van der Waals surface area (Å²) in [6.45, 7) is 1.31. The molecule has 1 N–H and O–H groups in total. The summed E-state index contributed by atoms with van der Waals surface area (Å²) in [6.07, 6.45) is 2.63. The van der Waals surface area contributed by atoms with Gasteiger partial charge in [0.1, 0.15) is 5.54 Å². The fourth-order valence-corrected chi connectivity index (χ4v) is 3.71. The van der Waals surface area contributed by atoms with Crippen molar-refractivity contribution in [2.24, 2.45) is 0 Å². The third kappa shape index (κ3) is 4.29. The van der Waals surface area contributed by atoms with E-state index in [0.717, 1.165) is 24.2 Å². The number of nitrogens with zero attached hydrogens (tertiary/aromatic N) is 2. The second kappa shape index (κ2) is 8.43. The third-order valence-corrected chi connectivity index (χ3v) is 5.38. The molecule has 0 saturated heterocycles. The highest BCUT2D eigenvalue weighted by Gasteiger charge is 2.37. The van der Waals surface area contributed by atoms with E-state index in [0.29, 0.717) is 24.0 Å². The summed E-state index contributed by atoms with van der Waals surface area (Å²) in [4.78, 5) is 50.1. The van der Waals surface area contributed by atoms with E-state index in [-0.39, 0.29) is 13.0 Å². The molecule has 3 amide bonds. The Bertz CT molecular complexity index is 848. The van der Waals surface area contributed by atoms with Gasteiger partial charge in [0, 0.05) is 6.54 Å². The first-order valence-electron chi connectivity index (χ1n) is 9.75. The van der Waals surface area contributed by atoms with Crippen LogP contribution in [-0.4, -0.2) is 46.8 Å². The average molecular weight is 397 g/mol. The van der Waals surface area contributed by atoms with Crippen LogP contribution in [0, 0.1) is 11.3 Å². The van der Waals surface area contributed by atoms with Crippen molar-refractivity contribution < 1.29 is 23.9 Å². The Kier molecular flexibility index (Phi) is 5.97. The standard InChI is InChI=1S/C21H23N3O5/c1-14(18(26)23-21(13-22)10-5-2-6-11-21)29-17(25)9-12-24-19(27)15-7-3-4-8-16(15)20(24)28/h3-4,7-8,14H,2,5-6,9-12H2,1H3,(H,23,26)/t14-/m1/s1. The summed E-state index contributed by atoms with van der Waals surface area (Å²) in [5, 5.41) is 12.2.